The van der Waals surface area contributed by atoms with E-state index in [-0.39, 0.29) is 0 Å². The molecule has 1 aliphatic rings. The van der Waals surface area contributed by atoms with Gasteiger partial charge in [0.05, 0.1) is 11.8 Å². The van der Waals surface area contributed by atoms with Crippen molar-refractivity contribution in [2.75, 3.05) is 13.7 Å². The van der Waals surface area contributed by atoms with Crippen molar-refractivity contribution in [1.82, 2.24) is 15.1 Å². The topological polar surface area (TPSA) is 39.1 Å². The highest BCUT2D eigenvalue weighted by Crippen LogP contribution is 2.24. The summed E-state index contributed by atoms with van der Waals surface area (Å²) in [5, 5.41) is 8.00. The molecular weight excluding hydrogens is 226 g/mol. The molecule has 4 nitrogen and oxygen atoms in total. The second-order valence-corrected chi connectivity index (χ2v) is 5.58. The van der Waals surface area contributed by atoms with Crippen molar-refractivity contribution in [3.63, 3.8) is 0 Å². The molecule has 1 aliphatic heterocycles. The van der Waals surface area contributed by atoms with E-state index >= 15 is 0 Å². The van der Waals surface area contributed by atoms with E-state index in [0.717, 1.165) is 18.7 Å². The van der Waals surface area contributed by atoms with Crippen molar-refractivity contribution in [2.45, 2.75) is 51.8 Å². The van der Waals surface area contributed by atoms with E-state index in [9.17, 15) is 0 Å². The van der Waals surface area contributed by atoms with Crippen LogP contribution in [0.2, 0.25) is 0 Å². The molecule has 0 spiro atoms. The summed E-state index contributed by atoms with van der Waals surface area (Å²) in [6, 6.07) is 2.90. The molecule has 0 saturated carbocycles. The second-order valence-electron chi connectivity index (χ2n) is 5.58. The minimum Gasteiger partial charge on any atom is -0.376 e. The number of nitrogens with one attached hydrogen (secondary N) is 1. The van der Waals surface area contributed by atoms with Gasteiger partial charge in [0.1, 0.15) is 0 Å². The largest absolute Gasteiger partial charge is 0.376 e. The van der Waals surface area contributed by atoms with E-state index in [2.05, 4.69) is 43.4 Å². The summed E-state index contributed by atoms with van der Waals surface area (Å²) < 4.78 is 7.86. The molecule has 18 heavy (non-hydrogen) atoms. The van der Waals surface area contributed by atoms with Crippen LogP contribution in [0.4, 0.5) is 0 Å². The Kier molecular flexibility index (Phi) is 4.40. The number of aromatic nitrogens is 2. The van der Waals surface area contributed by atoms with Gasteiger partial charge >= 0.3 is 0 Å². The molecule has 102 valence electrons. The summed E-state index contributed by atoms with van der Waals surface area (Å²) in [7, 11) is 2.01. The third-order valence-corrected chi connectivity index (χ3v) is 3.83. The Morgan fingerprint density at radius 2 is 2.33 bits per heavy atom. The van der Waals surface area contributed by atoms with Gasteiger partial charge in [-0.05, 0) is 39.3 Å². The van der Waals surface area contributed by atoms with Gasteiger partial charge in [0.25, 0.3) is 0 Å². The lowest BCUT2D eigenvalue weighted by Crippen LogP contribution is -2.42. The van der Waals surface area contributed by atoms with Crippen LogP contribution in [0.3, 0.4) is 0 Å². The van der Waals surface area contributed by atoms with Crippen molar-refractivity contribution < 1.29 is 4.74 Å². The fraction of sp³-hybridized carbons (Fsp3) is 0.786. The number of rotatable bonds is 5. The van der Waals surface area contributed by atoms with Gasteiger partial charge < -0.3 is 10.1 Å². The van der Waals surface area contributed by atoms with Crippen LogP contribution >= 0.6 is 0 Å². The lowest BCUT2D eigenvalue weighted by atomic mass is 9.95. The normalized spacial score (nSPS) is 25.8. The standard InChI is InChI=1S/C14H25N3O/c1-10(2)17-7-5-12(16-17)9-13(15-4)14-11(3)6-8-18-14/h5,7,10-11,13-15H,6,8-9H2,1-4H3. The van der Waals surface area contributed by atoms with Gasteiger partial charge in [-0.3, -0.25) is 4.68 Å². The number of ether oxygens (including phenoxy) is 1. The predicted molar refractivity (Wildman–Crippen MR) is 72.7 cm³/mol. The first-order chi connectivity index (χ1) is 8.61. The monoisotopic (exact) mass is 251 g/mol. The molecule has 2 rings (SSSR count). The van der Waals surface area contributed by atoms with Crippen LogP contribution < -0.4 is 5.32 Å². The van der Waals surface area contributed by atoms with Crippen LogP contribution in [-0.2, 0) is 11.2 Å². The first kappa shape index (κ1) is 13.6. The Bertz CT molecular complexity index is 375. The van der Waals surface area contributed by atoms with Crippen LogP contribution in [0.15, 0.2) is 12.3 Å². The molecule has 3 atom stereocenters. The van der Waals surface area contributed by atoms with Crippen molar-refractivity contribution in [3.8, 4) is 0 Å². The van der Waals surface area contributed by atoms with Crippen LogP contribution in [0, 0.1) is 5.92 Å². The first-order valence-electron chi connectivity index (χ1n) is 6.94. The fourth-order valence-electron chi connectivity index (χ4n) is 2.61. The molecular formula is C14H25N3O. The Labute approximate surface area is 110 Å². The average Bonchev–Trinajstić information content (AvgIpc) is 2.95. The van der Waals surface area contributed by atoms with Crippen molar-refractivity contribution >= 4 is 0 Å². The van der Waals surface area contributed by atoms with Gasteiger partial charge in [0.15, 0.2) is 0 Å². The van der Waals surface area contributed by atoms with Crippen molar-refractivity contribution in [1.29, 1.82) is 0 Å². The van der Waals surface area contributed by atoms with Crippen molar-refractivity contribution in [2.24, 2.45) is 5.92 Å². The van der Waals surface area contributed by atoms with Crippen LogP contribution in [0.5, 0.6) is 0 Å². The molecule has 1 fully saturated rings. The zero-order valence-corrected chi connectivity index (χ0v) is 11.9. The van der Waals surface area contributed by atoms with Gasteiger partial charge in [-0.1, -0.05) is 6.92 Å². The Morgan fingerprint density at radius 3 is 2.83 bits per heavy atom. The molecule has 1 saturated heterocycles. The molecule has 1 aromatic heterocycles. The van der Waals surface area contributed by atoms with Crippen LogP contribution in [0.25, 0.3) is 0 Å². The first-order valence-corrected chi connectivity index (χ1v) is 6.94. The van der Waals surface area contributed by atoms with E-state index in [0.29, 0.717) is 24.1 Å². The molecule has 0 aliphatic carbocycles. The number of hydrogen-bond donors (Lipinski definition) is 1. The Hall–Kier alpha value is -0.870. The molecule has 2 heterocycles. The highest BCUT2D eigenvalue weighted by atomic mass is 16.5. The Balaban J connectivity index is 2.00. The Morgan fingerprint density at radius 1 is 1.56 bits per heavy atom. The third-order valence-electron chi connectivity index (χ3n) is 3.83. The summed E-state index contributed by atoms with van der Waals surface area (Å²) in [6.45, 7) is 7.46. The predicted octanol–water partition coefficient (Wildman–Crippen LogP) is 2.02. The van der Waals surface area contributed by atoms with E-state index in [1.165, 1.54) is 6.42 Å². The molecule has 1 aromatic rings. The van der Waals surface area contributed by atoms with Crippen molar-refractivity contribution in [3.05, 3.63) is 18.0 Å². The number of nitrogens with zero attached hydrogens (tertiary/aromatic N) is 2. The average molecular weight is 251 g/mol. The highest BCUT2D eigenvalue weighted by Gasteiger charge is 2.31. The fourth-order valence-corrected chi connectivity index (χ4v) is 2.61. The zero-order valence-electron chi connectivity index (χ0n) is 11.9. The number of hydrogen-bond acceptors (Lipinski definition) is 3. The summed E-state index contributed by atoms with van der Waals surface area (Å²) in [4.78, 5) is 0. The maximum Gasteiger partial charge on any atom is 0.0758 e. The minimum atomic E-state index is 0.319. The molecule has 1 N–H and O–H groups in total. The highest BCUT2D eigenvalue weighted by molar-refractivity contribution is 5.04. The second kappa shape index (κ2) is 5.85. The molecule has 3 unspecified atom stereocenters. The van der Waals surface area contributed by atoms with Crippen LogP contribution in [-0.4, -0.2) is 35.6 Å². The third kappa shape index (κ3) is 2.93. The number of likely N-dealkylation sites (N-methyl/N-ethyl adjacent to an activating group) is 1. The van der Waals surface area contributed by atoms with E-state index in [4.69, 9.17) is 4.74 Å². The minimum absolute atomic E-state index is 0.319. The summed E-state index contributed by atoms with van der Waals surface area (Å²) in [5.41, 5.74) is 1.14. The smallest absolute Gasteiger partial charge is 0.0758 e. The van der Waals surface area contributed by atoms with E-state index in [1.54, 1.807) is 0 Å². The summed E-state index contributed by atoms with van der Waals surface area (Å²) >= 11 is 0. The van der Waals surface area contributed by atoms with Gasteiger partial charge in [-0.15, -0.1) is 0 Å². The molecule has 0 amide bonds. The van der Waals surface area contributed by atoms with E-state index in [1.807, 2.05) is 11.7 Å². The maximum absolute atomic E-state index is 5.85. The lowest BCUT2D eigenvalue weighted by molar-refractivity contribution is 0.0630. The summed E-state index contributed by atoms with van der Waals surface area (Å²) in [6.07, 6.45) is 4.49. The lowest BCUT2D eigenvalue weighted by Gasteiger charge is -2.25. The SMILES string of the molecule is CNC(Cc1ccn(C(C)C)n1)C1OCCC1C. The molecule has 0 bridgehead atoms. The quantitative estimate of drug-likeness (QED) is 0.870. The molecule has 4 heteroatoms. The van der Waals surface area contributed by atoms with E-state index < -0.39 is 0 Å². The molecule has 0 radical (unpaired) electrons. The molecule has 0 aromatic carbocycles. The maximum atomic E-state index is 5.85. The van der Waals surface area contributed by atoms with Crippen LogP contribution in [0.1, 0.15) is 38.9 Å². The zero-order chi connectivity index (χ0) is 13.1. The van der Waals surface area contributed by atoms with Gasteiger partial charge in [0.2, 0.25) is 0 Å². The summed E-state index contributed by atoms with van der Waals surface area (Å²) in [5.74, 6) is 0.634. The van der Waals surface area contributed by atoms with Gasteiger partial charge in [0, 0.05) is 31.3 Å². The van der Waals surface area contributed by atoms with Gasteiger partial charge in [-0.25, -0.2) is 0 Å². The van der Waals surface area contributed by atoms with Gasteiger partial charge in [-0.2, -0.15) is 5.10 Å².